The molecule has 1 aromatic carbocycles. The van der Waals surface area contributed by atoms with Gasteiger partial charge in [-0.3, -0.25) is 4.79 Å². The molecule has 2 rings (SSSR count). The molecule has 18 heavy (non-hydrogen) atoms. The van der Waals surface area contributed by atoms with Gasteiger partial charge in [0.15, 0.2) is 0 Å². The van der Waals surface area contributed by atoms with Gasteiger partial charge >= 0.3 is 5.97 Å². The van der Waals surface area contributed by atoms with Crippen molar-refractivity contribution in [3.05, 3.63) is 51.0 Å². The van der Waals surface area contributed by atoms with Gasteiger partial charge in [0.05, 0.1) is 11.9 Å². The molecular weight excluding hydrogens is 304 g/mol. The molecule has 0 saturated carbocycles. The summed E-state index contributed by atoms with van der Waals surface area (Å²) in [5.41, 5.74) is -0.289. The summed E-state index contributed by atoms with van der Waals surface area (Å²) in [6, 6.07) is 5.90. The minimum atomic E-state index is -1.06. The van der Waals surface area contributed by atoms with Gasteiger partial charge in [-0.15, -0.1) is 0 Å². The summed E-state index contributed by atoms with van der Waals surface area (Å²) in [6.45, 7) is 0. The highest BCUT2D eigenvalue weighted by molar-refractivity contribution is 9.10. The van der Waals surface area contributed by atoms with Crippen LogP contribution < -0.4 is 10.3 Å². The summed E-state index contributed by atoms with van der Waals surface area (Å²) in [5, 5.41) is 8.84. The Morgan fingerprint density at radius 1 is 1.44 bits per heavy atom. The summed E-state index contributed by atoms with van der Waals surface area (Å²) in [7, 11) is 0. The number of aromatic amines is 1. The van der Waals surface area contributed by atoms with E-state index < -0.39 is 5.97 Å². The summed E-state index contributed by atoms with van der Waals surface area (Å²) < 4.78 is 5.48. The molecule has 0 unspecified atom stereocenters. The van der Waals surface area contributed by atoms with E-state index in [9.17, 15) is 9.59 Å². The average Bonchev–Trinajstić information content (AvgIpc) is 2.35. The maximum absolute atomic E-state index is 11.3. The summed E-state index contributed by atoms with van der Waals surface area (Å²) in [4.78, 5) is 28.3. The fraction of sp³-hybridized carbons (Fsp3) is 0. The number of carboxylic acids is 1. The quantitative estimate of drug-likeness (QED) is 0.904. The molecule has 0 atom stereocenters. The first kappa shape index (κ1) is 12.3. The van der Waals surface area contributed by atoms with E-state index in [-0.39, 0.29) is 27.2 Å². The van der Waals surface area contributed by atoms with Crippen molar-refractivity contribution >= 4 is 21.9 Å². The molecule has 0 aliphatic rings. The molecule has 92 valence electrons. The number of carbonyl (C=O) groups is 1. The monoisotopic (exact) mass is 310 g/mol. The maximum atomic E-state index is 11.3. The van der Waals surface area contributed by atoms with E-state index in [2.05, 4.69) is 25.9 Å². The van der Waals surface area contributed by atoms with Gasteiger partial charge in [0, 0.05) is 0 Å². The van der Waals surface area contributed by atoms with Gasteiger partial charge in [-0.1, -0.05) is 6.07 Å². The molecule has 0 amide bonds. The lowest BCUT2D eigenvalue weighted by atomic mass is 10.2. The third-order valence-corrected chi connectivity index (χ3v) is 2.76. The Morgan fingerprint density at radius 2 is 2.22 bits per heavy atom. The van der Waals surface area contributed by atoms with Crippen molar-refractivity contribution in [3.63, 3.8) is 0 Å². The molecule has 6 nitrogen and oxygen atoms in total. The number of aromatic carboxylic acids is 1. The zero-order chi connectivity index (χ0) is 13.1. The first-order valence-electron chi connectivity index (χ1n) is 4.82. The average molecular weight is 311 g/mol. The van der Waals surface area contributed by atoms with Crippen molar-refractivity contribution < 1.29 is 14.6 Å². The van der Waals surface area contributed by atoms with Crippen LogP contribution in [0.2, 0.25) is 0 Å². The van der Waals surface area contributed by atoms with E-state index in [1.807, 2.05) is 0 Å². The lowest BCUT2D eigenvalue weighted by Crippen LogP contribution is -2.08. The molecule has 2 aromatic rings. The number of rotatable bonds is 3. The van der Waals surface area contributed by atoms with Crippen LogP contribution >= 0.6 is 15.9 Å². The molecule has 2 N–H and O–H groups in total. The second kappa shape index (κ2) is 5.01. The van der Waals surface area contributed by atoms with Crippen molar-refractivity contribution in [2.24, 2.45) is 0 Å². The first-order chi connectivity index (χ1) is 8.58. The largest absolute Gasteiger partial charge is 0.478 e. The van der Waals surface area contributed by atoms with Gasteiger partial charge in [0.1, 0.15) is 10.2 Å². The molecule has 0 saturated heterocycles. The number of carboxylic acid groups (broad SMARTS) is 1. The summed E-state index contributed by atoms with van der Waals surface area (Å²) in [5.74, 6) is -0.701. The van der Waals surface area contributed by atoms with Crippen molar-refractivity contribution in [2.45, 2.75) is 0 Å². The molecule has 1 aromatic heterocycles. The molecule has 0 aliphatic carbocycles. The molecule has 0 aliphatic heterocycles. The van der Waals surface area contributed by atoms with Crippen LogP contribution in [0.15, 0.2) is 39.9 Å². The number of hydrogen-bond donors (Lipinski definition) is 2. The zero-order valence-corrected chi connectivity index (χ0v) is 10.5. The van der Waals surface area contributed by atoms with E-state index >= 15 is 0 Å². The number of benzene rings is 1. The Kier molecular flexibility index (Phi) is 3.42. The van der Waals surface area contributed by atoms with E-state index in [4.69, 9.17) is 9.84 Å². The molecule has 0 spiro atoms. The molecule has 1 heterocycles. The number of aromatic nitrogens is 2. The van der Waals surface area contributed by atoms with E-state index in [0.29, 0.717) is 0 Å². The standard InChI is InChI=1S/C11H7BrN2O4/c12-8-9(15)13-5-14-10(8)18-7-3-1-2-6(4-7)11(16)17/h1-5H,(H,16,17)(H,13,14,15). The van der Waals surface area contributed by atoms with Crippen LogP contribution in [0.1, 0.15) is 10.4 Å². The molecule has 0 bridgehead atoms. The van der Waals surface area contributed by atoms with Crippen LogP contribution in [0.4, 0.5) is 0 Å². The topological polar surface area (TPSA) is 92.3 Å². The Bertz CT molecular complexity index is 653. The van der Waals surface area contributed by atoms with Crippen molar-refractivity contribution in [3.8, 4) is 11.6 Å². The number of halogens is 1. The van der Waals surface area contributed by atoms with E-state index in [0.717, 1.165) is 0 Å². The Hall–Kier alpha value is -2.15. The van der Waals surface area contributed by atoms with Crippen LogP contribution in [-0.2, 0) is 0 Å². The summed E-state index contributed by atoms with van der Waals surface area (Å²) >= 11 is 3.04. The smallest absolute Gasteiger partial charge is 0.335 e. The third kappa shape index (κ3) is 2.57. The highest BCUT2D eigenvalue weighted by Crippen LogP contribution is 2.24. The van der Waals surface area contributed by atoms with Crippen LogP contribution in [0, 0.1) is 0 Å². The maximum Gasteiger partial charge on any atom is 0.335 e. The molecule has 0 fully saturated rings. The third-order valence-electron chi connectivity index (χ3n) is 2.06. The minimum Gasteiger partial charge on any atom is -0.478 e. The molecule has 0 radical (unpaired) electrons. The predicted octanol–water partition coefficient (Wildman–Crippen LogP) is 2.02. The Morgan fingerprint density at radius 3 is 2.94 bits per heavy atom. The molecule has 7 heteroatoms. The number of nitrogens with one attached hydrogen (secondary N) is 1. The number of H-pyrrole nitrogens is 1. The number of ether oxygens (including phenoxy) is 1. The predicted molar refractivity (Wildman–Crippen MR) is 66.0 cm³/mol. The SMILES string of the molecule is O=C(O)c1cccc(Oc2nc[nH]c(=O)c2Br)c1. The van der Waals surface area contributed by atoms with Crippen LogP contribution in [0.25, 0.3) is 0 Å². The van der Waals surface area contributed by atoms with E-state index in [1.165, 1.54) is 18.5 Å². The van der Waals surface area contributed by atoms with Crippen molar-refractivity contribution in [1.29, 1.82) is 0 Å². The lowest BCUT2D eigenvalue weighted by Gasteiger charge is -2.06. The second-order valence-corrected chi connectivity index (χ2v) is 4.08. The Labute approximate surface area is 109 Å². The number of hydrogen-bond acceptors (Lipinski definition) is 4. The second-order valence-electron chi connectivity index (χ2n) is 3.29. The summed E-state index contributed by atoms with van der Waals surface area (Å²) in [6.07, 6.45) is 1.20. The van der Waals surface area contributed by atoms with Gasteiger partial charge in [0.2, 0.25) is 5.88 Å². The normalized spacial score (nSPS) is 10.1. The number of nitrogens with zero attached hydrogens (tertiary/aromatic N) is 1. The van der Waals surface area contributed by atoms with Crippen LogP contribution in [-0.4, -0.2) is 21.0 Å². The van der Waals surface area contributed by atoms with Gasteiger partial charge in [-0.25, -0.2) is 9.78 Å². The fourth-order valence-electron chi connectivity index (χ4n) is 1.24. The minimum absolute atomic E-state index is 0.0706. The van der Waals surface area contributed by atoms with Crippen LogP contribution in [0.3, 0.4) is 0 Å². The van der Waals surface area contributed by atoms with Crippen molar-refractivity contribution in [2.75, 3.05) is 0 Å². The van der Waals surface area contributed by atoms with Gasteiger partial charge in [0.25, 0.3) is 5.56 Å². The van der Waals surface area contributed by atoms with Gasteiger partial charge in [-0.2, -0.15) is 0 Å². The highest BCUT2D eigenvalue weighted by atomic mass is 79.9. The fourth-order valence-corrected chi connectivity index (χ4v) is 1.54. The van der Waals surface area contributed by atoms with Gasteiger partial charge in [-0.05, 0) is 34.1 Å². The van der Waals surface area contributed by atoms with Crippen molar-refractivity contribution in [1.82, 2.24) is 9.97 Å². The lowest BCUT2D eigenvalue weighted by molar-refractivity contribution is 0.0696. The van der Waals surface area contributed by atoms with E-state index in [1.54, 1.807) is 12.1 Å². The highest BCUT2D eigenvalue weighted by Gasteiger charge is 2.09. The van der Waals surface area contributed by atoms with Gasteiger partial charge < -0.3 is 14.8 Å². The van der Waals surface area contributed by atoms with Crippen LogP contribution in [0.5, 0.6) is 11.6 Å². The molecular formula is C11H7BrN2O4. The Balaban J connectivity index is 2.34. The zero-order valence-electron chi connectivity index (χ0n) is 8.88. The first-order valence-corrected chi connectivity index (χ1v) is 5.61.